The van der Waals surface area contributed by atoms with Crippen molar-refractivity contribution in [1.29, 1.82) is 0 Å². The third kappa shape index (κ3) is 3.23. The molecular weight excluding hydrogens is 336 g/mol. The van der Waals surface area contributed by atoms with Gasteiger partial charge in [0.2, 0.25) is 0 Å². The van der Waals surface area contributed by atoms with Gasteiger partial charge in [0, 0.05) is 18.1 Å². The van der Waals surface area contributed by atoms with Crippen LogP contribution >= 0.6 is 11.6 Å². The molecule has 2 aromatic carbocycles. The molecule has 3 rings (SSSR count). The van der Waals surface area contributed by atoms with Crippen molar-refractivity contribution in [3.8, 4) is 5.75 Å². The van der Waals surface area contributed by atoms with Gasteiger partial charge in [-0.1, -0.05) is 17.7 Å². The number of fused-ring (bicyclic) bond motifs is 1. The van der Waals surface area contributed by atoms with Crippen LogP contribution in [0.1, 0.15) is 5.56 Å². The first kappa shape index (κ1) is 16.0. The van der Waals surface area contributed by atoms with Gasteiger partial charge in [-0.2, -0.15) is 0 Å². The molecule has 23 heavy (non-hydrogen) atoms. The minimum absolute atomic E-state index is 0.129. The molecule has 0 unspecified atom stereocenters. The quantitative estimate of drug-likeness (QED) is 0.921. The molecule has 0 aromatic heterocycles. The summed E-state index contributed by atoms with van der Waals surface area (Å²) >= 11 is 6.02. The molecule has 1 aliphatic rings. The smallest absolute Gasteiger partial charge is 0.261 e. The van der Waals surface area contributed by atoms with Gasteiger partial charge in [0.25, 0.3) is 10.0 Å². The third-order valence-electron chi connectivity index (χ3n) is 3.76. The molecule has 0 fully saturated rings. The lowest BCUT2D eigenvalue weighted by Gasteiger charge is -2.28. The number of hydrogen-bond donors (Lipinski definition) is 1. The second kappa shape index (κ2) is 5.94. The standard InChI is InChI=1S/C16H17ClN2O3S/c1-11-3-5-13(10-14(11)17)23(20,21)18-12-4-6-15-16(9-12)22-8-7-19(15)2/h3-6,9-10,18H,7-8H2,1-2H3. The highest BCUT2D eigenvalue weighted by Crippen LogP contribution is 2.34. The Morgan fingerprint density at radius 2 is 2.00 bits per heavy atom. The largest absolute Gasteiger partial charge is 0.489 e. The fourth-order valence-electron chi connectivity index (χ4n) is 2.38. The van der Waals surface area contributed by atoms with Gasteiger partial charge >= 0.3 is 0 Å². The first-order valence-electron chi connectivity index (χ1n) is 7.14. The second-order valence-corrected chi connectivity index (χ2v) is 7.56. The number of halogens is 1. The molecule has 0 bridgehead atoms. The van der Waals surface area contributed by atoms with Crippen molar-refractivity contribution >= 4 is 33.0 Å². The molecule has 0 amide bonds. The molecule has 0 saturated heterocycles. The molecule has 2 aromatic rings. The summed E-state index contributed by atoms with van der Waals surface area (Å²) in [7, 11) is -1.72. The molecule has 5 nitrogen and oxygen atoms in total. The van der Waals surface area contributed by atoms with Crippen LogP contribution in [-0.2, 0) is 10.0 Å². The van der Waals surface area contributed by atoms with Crippen molar-refractivity contribution < 1.29 is 13.2 Å². The second-order valence-electron chi connectivity index (χ2n) is 5.47. The van der Waals surface area contributed by atoms with Crippen LogP contribution in [0.2, 0.25) is 5.02 Å². The molecule has 1 heterocycles. The SMILES string of the molecule is Cc1ccc(S(=O)(=O)Nc2ccc3c(c2)OCCN3C)cc1Cl. The van der Waals surface area contributed by atoms with Gasteiger partial charge in [0.15, 0.2) is 0 Å². The summed E-state index contributed by atoms with van der Waals surface area (Å²) in [5.74, 6) is 0.667. The predicted octanol–water partition coefficient (Wildman–Crippen LogP) is 3.28. The van der Waals surface area contributed by atoms with Crippen molar-refractivity contribution in [2.45, 2.75) is 11.8 Å². The number of anilines is 2. The van der Waals surface area contributed by atoms with Crippen molar-refractivity contribution in [2.24, 2.45) is 0 Å². The Morgan fingerprint density at radius 1 is 1.22 bits per heavy atom. The van der Waals surface area contributed by atoms with E-state index in [0.717, 1.165) is 17.8 Å². The van der Waals surface area contributed by atoms with Gasteiger partial charge in [0.05, 0.1) is 22.8 Å². The molecule has 122 valence electrons. The number of aryl methyl sites for hydroxylation is 1. The summed E-state index contributed by atoms with van der Waals surface area (Å²) in [6, 6.07) is 9.92. The van der Waals surface area contributed by atoms with E-state index in [4.69, 9.17) is 16.3 Å². The van der Waals surface area contributed by atoms with Crippen LogP contribution in [0, 0.1) is 6.92 Å². The van der Waals surface area contributed by atoms with E-state index in [0.29, 0.717) is 23.1 Å². The maximum Gasteiger partial charge on any atom is 0.261 e. The molecule has 1 aliphatic heterocycles. The molecule has 0 spiro atoms. The third-order valence-corrected chi connectivity index (χ3v) is 5.55. The van der Waals surface area contributed by atoms with Crippen LogP contribution in [-0.4, -0.2) is 28.6 Å². The summed E-state index contributed by atoms with van der Waals surface area (Å²) in [5.41, 5.74) is 2.23. The van der Waals surface area contributed by atoms with Gasteiger partial charge in [0.1, 0.15) is 12.4 Å². The van der Waals surface area contributed by atoms with Crippen molar-refractivity contribution in [3.05, 3.63) is 47.0 Å². The van der Waals surface area contributed by atoms with Gasteiger partial charge in [-0.15, -0.1) is 0 Å². The first-order chi connectivity index (χ1) is 10.9. The number of likely N-dealkylation sites (N-methyl/N-ethyl adjacent to an activating group) is 1. The summed E-state index contributed by atoms with van der Waals surface area (Å²) in [5, 5.41) is 0.420. The van der Waals surface area contributed by atoms with Crippen molar-refractivity contribution in [3.63, 3.8) is 0 Å². The number of sulfonamides is 1. The Balaban J connectivity index is 1.90. The molecular formula is C16H17ClN2O3S. The number of nitrogens with one attached hydrogen (secondary N) is 1. The Morgan fingerprint density at radius 3 is 2.74 bits per heavy atom. The number of benzene rings is 2. The molecule has 7 heteroatoms. The highest BCUT2D eigenvalue weighted by molar-refractivity contribution is 7.92. The monoisotopic (exact) mass is 352 g/mol. The van der Waals surface area contributed by atoms with Gasteiger partial charge in [-0.05, 0) is 36.8 Å². The van der Waals surface area contributed by atoms with Crippen molar-refractivity contribution in [2.75, 3.05) is 29.8 Å². The lowest BCUT2D eigenvalue weighted by molar-refractivity contribution is 0.311. The normalized spacial score (nSPS) is 14.1. The highest BCUT2D eigenvalue weighted by atomic mass is 35.5. The summed E-state index contributed by atoms with van der Waals surface area (Å²) in [6.45, 7) is 3.21. The molecule has 0 aliphatic carbocycles. The van der Waals surface area contributed by atoms with Crippen LogP contribution in [0.25, 0.3) is 0 Å². The van der Waals surface area contributed by atoms with Crippen LogP contribution in [0.5, 0.6) is 5.75 Å². The predicted molar refractivity (Wildman–Crippen MR) is 92.2 cm³/mol. The van der Waals surface area contributed by atoms with Gasteiger partial charge in [-0.3, -0.25) is 4.72 Å². The lowest BCUT2D eigenvalue weighted by Crippen LogP contribution is -2.28. The number of rotatable bonds is 3. The van der Waals surface area contributed by atoms with E-state index < -0.39 is 10.0 Å². The van der Waals surface area contributed by atoms with E-state index in [9.17, 15) is 8.42 Å². The van der Waals surface area contributed by atoms with Crippen LogP contribution in [0.4, 0.5) is 11.4 Å². The summed E-state index contributed by atoms with van der Waals surface area (Å²) < 4.78 is 33.1. The highest BCUT2D eigenvalue weighted by Gasteiger charge is 2.19. The van der Waals surface area contributed by atoms with Gasteiger partial charge in [-0.25, -0.2) is 8.42 Å². The Kier molecular flexibility index (Phi) is 4.12. The van der Waals surface area contributed by atoms with Gasteiger partial charge < -0.3 is 9.64 Å². The zero-order chi connectivity index (χ0) is 16.6. The van der Waals surface area contributed by atoms with Crippen LogP contribution < -0.4 is 14.4 Å². The number of ether oxygens (including phenoxy) is 1. The first-order valence-corrected chi connectivity index (χ1v) is 9.00. The molecule has 0 radical (unpaired) electrons. The van der Waals surface area contributed by atoms with E-state index in [1.807, 2.05) is 20.0 Å². The fraction of sp³-hybridized carbons (Fsp3) is 0.250. The lowest BCUT2D eigenvalue weighted by atomic mass is 10.2. The summed E-state index contributed by atoms with van der Waals surface area (Å²) in [4.78, 5) is 2.19. The van der Waals surface area contributed by atoms with Crippen LogP contribution in [0.15, 0.2) is 41.3 Å². The Hall–Kier alpha value is -1.92. The van der Waals surface area contributed by atoms with Crippen LogP contribution in [0.3, 0.4) is 0 Å². The van der Waals surface area contributed by atoms with E-state index >= 15 is 0 Å². The number of nitrogens with zero attached hydrogens (tertiary/aromatic N) is 1. The topological polar surface area (TPSA) is 58.6 Å². The maximum atomic E-state index is 12.5. The van der Waals surface area contributed by atoms with E-state index in [1.54, 1.807) is 18.2 Å². The fourth-order valence-corrected chi connectivity index (χ4v) is 3.70. The van der Waals surface area contributed by atoms with E-state index in [-0.39, 0.29) is 4.90 Å². The molecule has 0 saturated carbocycles. The van der Waals surface area contributed by atoms with E-state index in [2.05, 4.69) is 9.62 Å². The minimum Gasteiger partial charge on any atom is -0.489 e. The number of hydrogen-bond acceptors (Lipinski definition) is 4. The zero-order valence-electron chi connectivity index (χ0n) is 12.8. The average Bonchev–Trinajstić information content (AvgIpc) is 2.49. The Labute approximate surface area is 140 Å². The molecule has 1 N–H and O–H groups in total. The molecule has 0 atom stereocenters. The summed E-state index contributed by atoms with van der Waals surface area (Å²) in [6.07, 6.45) is 0. The zero-order valence-corrected chi connectivity index (χ0v) is 14.4. The maximum absolute atomic E-state index is 12.5. The minimum atomic E-state index is -3.70. The Bertz CT molecular complexity index is 852. The average molecular weight is 353 g/mol. The van der Waals surface area contributed by atoms with E-state index in [1.165, 1.54) is 12.1 Å². The van der Waals surface area contributed by atoms with Crippen molar-refractivity contribution in [1.82, 2.24) is 0 Å².